The summed E-state index contributed by atoms with van der Waals surface area (Å²) in [6, 6.07) is -0.627. The van der Waals surface area contributed by atoms with Crippen LogP contribution in [-0.2, 0) is 14.3 Å². The lowest BCUT2D eigenvalue weighted by Gasteiger charge is -2.20. The number of unbranched alkanes of at least 4 members (excludes halogenated alkanes) is 42. The van der Waals surface area contributed by atoms with Crippen molar-refractivity contribution < 1.29 is 24.5 Å². The van der Waals surface area contributed by atoms with Crippen LogP contribution in [0.15, 0.2) is 36.5 Å². The van der Waals surface area contributed by atoms with Crippen molar-refractivity contribution in [2.75, 3.05) is 13.2 Å². The van der Waals surface area contributed by atoms with Gasteiger partial charge in [-0.1, -0.05) is 294 Å². The Hall–Kier alpha value is -1.92. The molecule has 0 saturated heterocycles. The predicted octanol–water partition coefficient (Wildman–Crippen LogP) is 19.2. The van der Waals surface area contributed by atoms with Crippen LogP contribution >= 0.6 is 0 Å². The molecular formula is C63H119NO5. The molecule has 0 fully saturated rings. The molecule has 406 valence electrons. The highest BCUT2D eigenvalue weighted by Crippen LogP contribution is 2.17. The highest BCUT2D eigenvalue weighted by atomic mass is 16.5. The summed E-state index contributed by atoms with van der Waals surface area (Å²) in [6.07, 6.45) is 73.2. The number of carbonyl (C=O) groups excluding carboxylic acids is 2. The number of aliphatic hydroxyl groups is 2. The Balaban J connectivity index is 3.40. The van der Waals surface area contributed by atoms with Gasteiger partial charge in [0.1, 0.15) is 0 Å². The van der Waals surface area contributed by atoms with Gasteiger partial charge in [-0.2, -0.15) is 0 Å². The van der Waals surface area contributed by atoms with E-state index in [0.29, 0.717) is 19.4 Å². The van der Waals surface area contributed by atoms with E-state index < -0.39 is 12.1 Å². The van der Waals surface area contributed by atoms with Gasteiger partial charge in [-0.05, 0) is 57.8 Å². The summed E-state index contributed by atoms with van der Waals surface area (Å²) in [5, 5.41) is 23.1. The van der Waals surface area contributed by atoms with Gasteiger partial charge in [-0.25, -0.2) is 0 Å². The van der Waals surface area contributed by atoms with Crippen molar-refractivity contribution in [1.29, 1.82) is 0 Å². The second-order valence-corrected chi connectivity index (χ2v) is 21.0. The Morgan fingerprint density at radius 3 is 1.14 bits per heavy atom. The van der Waals surface area contributed by atoms with Crippen LogP contribution in [0.2, 0.25) is 0 Å². The molecule has 1 amide bonds. The summed E-state index contributed by atoms with van der Waals surface area (Å²) in [5.41, 5.74) is 0. The Kier molecular flexibility index (Phi) is 57.0. The average Bonchev–Trinajstić information content (AvgIpc) is 3.35. The molecule has 69 heavy (non-hydrogen) atoms. The van der Waals surface area contributed by atoms with E-state index in [1.807, 2.05) is 6.08 Å². The summed E-state index contributed by atoms with van der Waals surface area (Å²) in [5.74, 6) is -0.0673. The normalized spacial score (nSPS) is 12.8. The van der Waals surface area contributed by atoms with Gasteiger partial charge in [0.15, 0.2) is 0 Å². The van der Waals surface area contributed by atoms with Gasteiger partial charge in [0.2, 0.25) is 5.91 Å². The van der Waals surface area contributed by atoms with Crippen molar-refractivity contribution >= 4 is 11.9 Å². The Morgan fingerprint density at radius 1 is 0.406 bits per heavy atom. The monoisotopic (exact) mass is 970 g/mol. The first-order valence-electron chi connectivity index (χ1n) is 30.8. The number of hydrogen-bond acceptors (Lipinski definition) is 5. The third-order valence-electron chi connectivity index (χ3n) is 14.2. The van der Waals surface area contributed by atoms with E-state index in [0.717, 1.165) is 51.4 Å². The van der Waals surface area contributed by atoms with Gasteiger partial charge in [0.05, 0.1) is 25.4 Å². The van der Waals surface area contributed by atoms with E-state index in [1.54, 1.807) is 6.08 Å². The first-order chi connectivity index (χ1) is 34.0. The maximum Gasteiger partial charge on any atom is 0.305 e. The molecule has 0 aliphatic rings. The number of amides is 1. The minimum absolute atomic E-state index is 0.000819. The highest BCUT2D eigenvalue weighted by Gasteiger charge is 2.18. The molecule has 0 rings (SSSR count). The second-order valence-electron chi connectivity index (χ2n) is 21.0. The molecule has 0 spiro atoms. The molecule has 3 N–H and O–H groups in total. The number of aliphatic hydroxyl groups excluding tert-OH is 2. The van der Waals surface area contributed by atoms with Crippen LogP contribution in [0, 0.1) is 0 Å². The lowest BCUT2D eigenvalue weighted by atomic mass is 10.0. The predicted molar refractivity (Wildman–Crippen MR) is 301 cm³/mol. The van der Waals surface area contributed by atoms with Crippen molar-refractivity contribution in [3.63, 3.8) is 0 Å². The molecular weight excluding hydrogens is 851 g/mol. The first kappa shape index (κ1) is 67.1. The maximum absolute atomic E-state index is 12.5. The lowest BCUT2D eigenvalue weighted by Crippen LogP contribution is -2.45. The molecule has 0 saturated carbocycles. The van der Waals surface area contributed by atoms with Crippen LogP contribution in [0.3, 0.4) is 0 Å². The van der Waals surface area contributed by atoms with E-state index in [9.17, 15) is 19.8 Å². The number of hydrogen-bond donors (Lipinski definition) is 3. The molecule has 0 bridgehead atoms. The topological polar surface area (TPSA) is 95.9 Å². The standard InChI is InChI=1S/C63H119NO5/c1-3-5-7-9-11-13-15-17-28-31-35-39-43-47-51-55-61(66)60(59-65)64-62(67)56-52-48-44-40-36-32-29-26-24-22-20-19-21-23-25-27-30-34-38-42-46-50-54-58-69-63(68)57-53-49-45-41-37-33-18-16-14-12-10-8-6-4-2/h10,12,16,18,51,55,60-61,65-66H,3-9,11,13-15,17,19-50,52-54,56-59H2,1-2H3,(H,64,67)/b12-10-,18-16-,55-51+. The molecule has 0 aromatic carbocycles. The number of carbonyl (C=O) groups is 2. The Morgan fingerprint density at radius 2 is 0.739 bits per heavy atom. The summed E-state index contributed by atoms with van der Waals surface area (Å²) in [6.45, 7) is 4.87. The molecule has 0 heterocycles. The molecule has 6 heteroatoms. The van der Waals surface area contributed by atoms with Crippen LogP contribution in [0.5, 0.6) is 0 Å². The third-order valence-corrected chi connectivity index (χ3v) is 14.2. The van der Waals surface area contributed by atoms with Gasteiger partial charge in [0.25, 0.3) is 0 Å². The summed E-state index contributed by atoms with van der Waals surface area (Å²) >= 11 is 0. The van der Waals surface area contributed by atoms with Gasteiger partial charge in [-0.3, -0.25) is 9.59 Å². The van der Waals surface area contributed by atoms with E-state index in [2.05, 4.69) is 43.5 Å². The van der Waals surface area contributed by atoms with E-state index in [4.69, 9.17) is 4.74 Å². The van der Waals surface area contributed by atoms with Crippen LogP contribution < -0.4 is 5.32 Å². The SMILES string of the molecule is CCCC/C=C\C/C=C\CCCCCCCC(=O)OCCCCCCCCCCCCCCCCCCCCCCCCCC(=O)NC(CO)C(O)/C=C/CCCCCCCCCCCCCCC. The number of ether oxygens (including phenoxy) is 1. The Bertz CT molecular complexity index is 1120. The van der Waals surface area contributed by atoms with Crippen LogP contribution in [0.25, 0.3) is 0 Å². The van der Waals surface area contributed by atoms with Crippen LogP contribution in [0.1, 0.15) is 328 Å². The quantitative estimate of drug-likeness (QED) is 0.0321. The molecule has 0 aliphatic carbocycles. The largest absolute Gasteiger partial charge is 0.466 e. The van der Waals surface area contributed by atoms with Crippen molar-refractivity contribution in [1.82, 2.24) is 5.32 Å². The van der Waals surface area contributed by atoms with Crippen molar-refractivity contribution in [2.45, 2.75) is 341 Å². The second kappa shape index (κ2) is 58.6. The number of nitrogens with one attached hydrogen (secondary N) is 1. The van der Waals surface area contributed by atoms with E-state index in [1.165, 1.54) is 250 Å². The van der Waals surface area contributed by atoms with Crippen molar-refractivity contribution in [3.8, 4) is 0 Å². The molecule has 6 nitrogen and oxygen atoms in total. The number of esters is 1. The molecule has 0 aromatic heterocycles. The molecule has 0 radical (unpaired) electrons. The highest BCUT2D eigenvalue weighted by molar-refractivity contribution is 5.76. The number of rotatable bonds is 57. The molecule has 2 atom stereocenters. The molecule has 2 unspecified atom stereocenters. The van der Waals surface area contributed by atoms with Crippen LogP contribution in [0.4, 0.5) is 0 Å². The lowest BCUT2D eigenvalue weighted by molar-refractivity contribution is -0.143. The zero-order valence-corrected chi connectivity index (χ0v) is 46.3. The maximum atomic E-state index is 12.5. The number of allylic oxidation sites excluding steroid dienone is 5. The smallest absolute Gasteiger partial charge is 0.305 e. The first-order valence-corrected chi connectivity index (χ1v) is 30.8. The summed E-state index contributed by atoms with van der Waals surface area (Å²) in [4.78, 5) is 24.5. The molecule has 0 aliphatic heterocycles. The summed E-state index contributed by atoms with van der Waals surface area (Å²) in [7, 11) is 0. The summed E-state index contributed by atoms with van der Waals surface area (Å²) < 4.78 is 5.47. The van der Waals surface area contributed by atoms with E-state index >= 15 is 0 Å². The average molecular weight is 971 g/mol. The fourth-order valence-corrected chi connectivity index (χ4v) is 9.42. The van der Waals surface area contributed by atoms with Gasteiger partial charge < -0.3 is 20.3 Å². The fourth-order valence-electron chi connectivity index (χ4n) is 9.42. The zero-order valence-electron chi connectivity index (χ0n) is 46.3. The minimum Gasteiger partial charge on any atom is -0.466 e. The third kappa shape index (κ3) is 55.2. The van der Waals surface area contributed by atoms with E-state index in [-0.39, 0.29) is 18.5 Å². The van der Waals surface area contributed by atoms with Crippen molar-refractivity contribution in [2.24, 2.45) is 0 Å². The molecule has 0 aromatic rings. The Labute approximate surface area is 430 Å². The fraction of sp³-hybridized carbons (Fsp3) is 0.873. The van der Waals surface area contributed by atoms with Gasteiger partial charge in [-0.15, -0.1) is 0 Å². The van der Waals surface area contributed by atoms with Crippen molar-refractivity contribution in [3.05, 3.63) is 36.5 Å². The van der Waals surface area contributed by atoms with Gasteiger partial charge in [0, 0.05) is 12.8 Å². The van der Waals surface area contributed by atoms with Gasteiger partial charge >= 0.3 is 5.97 Å². The zero-order chi connectivity index (χ0) is 50.0. The minimum atomic E-state index is -0.844. The van der Waals surface area contributed by atoms with Crippen LogP contribution in [-0.4, -0.2) is 47.4 Å².